The number of imide groups is 1. The number of carbonyl (C=O) groups excluding carboxylic acids is 3. The lowest BCUT2D eigenvalue weighted by atomic mass is 9.92. The predicted molar refractivity (Wildman–Crippen MR) is 92.2 cm³/mol. The molecule has 0 spiro atoms. The van der Waals surface area contributed by atoms with Gasteiger partial charge in [0.15, 0.2) is 0 Å². The minimum Gasteiger partial charge on any atom is -0.341 e. The highest BCUT2D eigenvalue weighted by atomic mass is 79.9. The van der Waals surface area contributed by atoms with Gasteiger partial charge >= 0.3 is 6.03 Å². The van der Waals surface area contributed by atoms with E-state index in [-0.39, 0.29) is 12.5 Å². The van der Waals surface area contributed by atoms with Crippen LogP contribution in [0.5, 0.6) is 0 Å². The monoisotopic (exact) mass is 393 g/mol. The van der Waals surface area contributed by atoms with Gasteiger partial charge in [0, 0.05) is 23.1 Å². The third kappa shape index (κ3) is 2.92. The third-order valence-corrected chi connectivity index (χ3v) is 5.38. The van der Waals surface area contributed by atoms with Gasteiger partial charge in [0.05, 0.1) is 0 Å². The van der Waals surface area contributed by atoms with Gasteiger partial charge in [-0.05, 0) is 32.3 Å². The van der Waals surface area contributed by atoms with Crippen LogP contribution in [0, 0.1) is 0 Å². The average molecular weight is 394 g/mol. The summed E-state index contributed by atoms with van der Waals surface area (Å²) in [5.74, 6) is -0.570. The minimum atomic E-state index is -1.17. The van der Waals surface area contributed by atoms with Crippen molar-refractivity contribution in [2.75, 3.05) is 19.6 Å². The van der Waals surface area contributed by atoms with Crippen LogP contribution in [-0.4, -0.2) is 47.3 Å². The van der Waals surface area contributed by atoms with Gasteiger partial charge in [-0.2, -0.15) is 0 Å². The third-order valence-electron chi connectivity index (χ3n) is 4.69. The number of rotatable bonds is 3. The van der Waals surface area contributed by atoms with E-state index in [1.165, 1.54) is 0 Å². The van der Waals surface area contributed by atoms with Crippen molar-refractivity contribution in [1.82, 2.24) is 15.1 Å². The fraction of sp³-hybridized carbons (Fsp3) is 0.471. The van der Waals surface area contributed by atoms with Crippen molar-refractivity contribution in [2.45, 2.75) is 31.7 Å². The zero-order valence-electron chi connectivity index (χ0n) is 13.5. The van der Waals surface area contributed by atoms with Crippen molar-refractivity contribution >= 4 is 33.8 Å². The topological polar surface area (TPSA) is 69.7 Å². The molecule has 2 fully saturated rings. The molecule has 1 aromatic rings. The maximum absolute atomic E-state index is 12.9. The first-order chi connectivity index (χ1) is 11.4. The molecule has 0 saturated carbocycles. The maximum Gasteiger partial charge on any atom is 0.325 e. The fourth-order valence-corrected chi connectivity index (χ4v) is 3.95. The summed E-state index contributed by atoms with van der Waals surface area (Å²) in [5, 5.41) is 2.73. The highest BCUT2D eigenvalue weighted by molar-refractivity contribution is 9.10. The van der Waals surface area contributed by atoms with Crippen molar-refractivity contribution in [1.29, 1.82) is 0 Å². The number of hydrogen-bond donors (Lipinski definition) is 1. The molecule has 2 aliphatic heterocycles. The van der Waals surface area contributed by atoms with Gasteiger partial charge in [-0.1, -0.05) is 34.1 Å². The number of halogens is 1. The first-order valence-electron chi connectivity index (χ1n) is 8.10. The van der Waals surface area contributed by atoms with Crippen molar-refractivity contribution < 1.29 is 14.4 Å². The molecule has 2 heterocycles. The van der Waals surface area contributed by atoms with Gasteiger partial charge in [-0.25, -0.2) is 4.79 Å². The first kappa shape index (κ1) is 17.0. The lowest BCUT2D eigenvalue weighted by Crippen LogP contribution is -2.46. The summed E-state index contributed by atoms with van der Waals surface area (Å²) >= 11 is 3.43. The number of hydrogen-bond acceptors (Lipinski definition) is 3. The molecule has 1 atom stereocenters. The molecule has 4 amide bonds. The van der Waals surface area contributed by atoms with E-state index in [2.05, 4.69) is 21.2 Å². The number of nitrogens with zero attached hydrogens (tertiary/aromatic N) is 2. The molecule has 1 aromatic carbocycles. The highest BCUT2D eigenvalue weighted by Gasteiger charge is 2.50. The number of amides is 4. The summed E-state index contributed by atoms with van der Waals surface area (Å²) in [6.07, 6.45) is 3.06. The molecule has 2 saturated heterocycles. The van der Waals surface area contributed by atoms with Crippen LogP contribution in [0.3, 0.4) is 0 Å². The number of nitrogens with one attached hydrogen (secondary N) is 1. The van der Waals surface area contributed by atoms with Crippen molar-refractivity contribution in [2.24, 2.45) is 0 Å². The summed E-state index contributed by atoms with van der Waals surface area (Å²) in [6.45, 7) is 2.86. The molecule has 7 heteroatoms. The van der Waals surface area contributed by atoms with Crippen molar-refractivity contribution in [3.05, 3.63) is 34.3 Å². The Kier molecular flexibility index (Phi) is 4.62. The molecule has 1 N–H and O–H groups in total. The van der Waals surface area contributed by atoms with Gasteiger partial charge in [-0.15, -0.1) is 0 Å². The van der Waals surface area contributed by atoms with Crippen LogP contribution in [0.1, 0.15) is 31.7 Å². The molecule has 1 unspecified atom stereocenters. The van der Waals surface area contributed by atoms with E-state index >= 15 is 0 Å². The molecule has 0 bridgehead atoms. The number of piperidine rings is 1. The Bertz CT molecular complexity index is 687. The summed E-state index contributed by atoms with van der Waals surface area (Å²) < 4.78 is 0.741. The largest absolute Gasteiger partial charge is 0.341 e. The number of urea groups is 1. The Labute approximate surface area is 149 Å². The van der Waals surface area contributed by atoms with Crippen LogP contribution in [-0.2, 0) is 15.1 Å². The Morgan fingerprint density at radius 3 is 2.54 bits per heavy atom. The second-order valence-corrected chi connectivity index (χ2v) is 7.22. The lowest BCUT2D eigenvalue weighted by Gasteiger charge is -2.28. The molecule has 0 aromatic heterocycles. The van der Waals surface area contributed by atoms with Gasteiger partial charge < -0.3 is 10.2 Å². The van der Waals surface area contributed by atoms with Crippen LogP contribution >= 0.6 is 15.9 Å². The van der Waals surface area contributed by atoms with E-state index in [0.717, 1.165) is 28.6 Å². The summed E-state index contributed by atoms with van der Waals surface area (Å²) in [6, 6.07) is 6.74. The van der Waals surface area contributed by atoms with E-state index in [1.807, 2.05) is 18.2 Å². The molecule has 0 aliphatic carbocycles. The van der Waals surface area contributed by atoms with Crippen LogP contribution in [0.4, 0.5) is 4.79 Å². The smallest absolute Gasteiger partial charge is 0.325 e. The molecule has 24 heavy (non-hydrogen) atoms. The van der Waals surface area contributed by atoms with E-state index in [4.69, 9.17) is 0 Å². The number of benzene rings is 1. The highest BCUT2D eigenvalue weighted by Crippen LogP contribution is 2.33. The van der Waals surface area contributed by atoms with Crippen molar-refractivity contribution in [3.8, 4) is 0 Å². The van der Waals surface area contributed by atoms with Gasteiger partial charge in [0.25, 0.3) is 5.91 Å². The average Bonchev–Trinajstić information content (AvgIpc) is 2.80. The van der Waals surface area contributed by atoms with E-state index < -0.39 is 17.5 Å². The molecule has 128 valence electrons. The molecule has 3 rings (SSSR count). The summed E-state index contributed by atoms with van der Waals surface area (Å²) in [5.41, 5.74) is -0.490. The molecule has 2 aliphatic rings. The number of carbonyl (C=O) groups is 3. The van der Waals surface area contributed by atoms with E-state index in [9.17, 15) is 14.4 Å². The van der Waals surface area contributed by atoms with Crippen LogP contribution in [0.25, 0.3) is 0 Å². The molecular formula is C17H20BrN3O3. The van der Waals surface area contributed by atoms with E-state index in [1.54, 1.807) is 17.9 Å². The zero-order chi connectivity index (χ0) is 17.3. The molecule has 0 radical (unpaired) electrons. The number of likely N-dealkylation sites (tertiary alicyclic amines) is 1. The van der Waals surface area contributed by atoms with E-state index in [0.29, 0.717) is 18.7 Å². The summed E-state index contributed by atoms with van der Waals surface area (Å²) in [7, 11) is 0. The summed E-state index contributed by atoms with van der Waals surface area (Å²) in [4.78, 5) is 40.3. The predicted octanol–water partition coefficient (Wildman–Crippen LogP) is 2.23. The maximum atomic E-state index is 12.9. The Balaban J connectivity index is 1.79. The molecular weight excluding hydrogens is 374 g/mol. The Hall–Kier alpha value is -1.89. The Morgan fingerprint density at radius 1 is 1.21 bits per heavy atom. The van der Waals surface area contributed by atoms with Crippen LogP contribution in [0.15, 0.2) is 28.7 Å². The van der Waals surface area contributed by atoms with Gasteiger partial charge in [0.2, 0.25) is 5.91 Å². The second-order valence-electron chi connectivity index (χ2n) is 6.37. The standard InChI is InChI=1S/C17H20BrN3O3/c1-17(12-7-3-4-8-13(12)18)15(23)21(16(24)19-17)11-14(22)20-9-5-2-6-10-20/h3-4,7-8H,2,5-6,9-11H2,1H3,(H,19,24). The van der Waals surface area contributed by atoms with Crippen LogP contribution in [0.2, 0.25) is 0 Å². The normalized spacial score (nSPS) is 24.2. The minimum absolute atomic E-state index is 0.172. The van der Waals surface area contributed by atoms with Gasteiger partial charge in [0.1, 0.15) is 12.1 Å². The Morgan fingerprint density at radius 2 is 1.88 bits per heavy atom. The quantitative estimate of drug-likeness (QED) is 0.800. The lowest BCUT2D eigenvalue weighted by molar-refractivity contribution is -0.139. The van der Waals surface area contributed by atoms with Crippen molar-refractivity contribution in [3.63, 3.8) is 0 Å². The molecule has 6 nitrogen and oxygen atoms in total. The van der Waals surface area contributed by atoms with Crippen LogP contribution < -0.4 is 5.32 Å². The van der Waals surface area contributed by atoms with Gasteiger partial charge in [-0.3, -0.25) is 14.5 Å². The zero-order valence-corrected chi connectivity index (χ0v) is 15.1. The second kappa shape index (κ2) is 6.55. The fourth-order valence-electron chi connectivity index (χ4n) is 3.27. The first-order valence-corrected chi connectivity index (χ1v) is 8.89. The SMILES string of the molecule is CC1(c2ccccc2Br)NC(=O)N(CC(=O)N2CCCCC2)C1=O.